The Labute approximate surface area is 149 Å². The number of aromatic nitrogens is 3. The van der Waals surface area contributed by atoms with Crippen LogP contribution in [0.4, 0.5) is 11.6 Å². The minimum Gasteiger partial charge on any atom is -0.477 e. The van der Waals surface area contributed by atoms with Crippen LogP contribution in [0.15, 0.2) is 30.7 Å². The molecule has 0 spiro atoms. The van der Waals surface area contributed by atoms with E-state index in [1.54, 1.807) is 12.4 Å². The van der Waals surface area contributed by atoms with Crippen LogP contribution in [0.25, 0.3) is 0 Å². The summed E-state index contributed by atoms with van der Waals surface area (Å²) >= 11 is 0. The lowest BCUT2D eigenvalue weighted by Crippen LogP contribution is -2.46. The third-order valence-corrected chi connectivity index (χ3v) is 4.33. The third kappa shape index (κ3) is 4.79. The molecule has 2 aromatic rings. The molecule has 1 aliphatic rings. The van der Waals surface area contributed by atoms with Gasteiger partial charge in [-0.2, -0.15) is 4.98 Å². The monoisotopic (exact) mass is 342 g/mol. The second-order valence-corrected chi connectivity index (χ2v) is 5.98. The van der Waals surface area contributed by atoms with Crippen molar-refractivity contribution in [2.75, 3.05) is 49.5 Å². The molecule has 2 aromatic heterocycles. The van der Waals surface area contributed by atoms with Crippen molar-refractivity contribution in [1.82, 2.24) is 19.9 Å². The number of anilines is 2. The van der Waals surface area contributed by atoms with E-state index in [1.807, 2.05) is 13.1 Å². The van der Waals surface area contributed by atoms with Gasteiger partial charge in [-0.3, -0.25) is 4.98 Å². The molecular weight excluding hydrogens is 316 g/mol. The molecule has 1 fully saturated rings. The Bertz CT molecular complexity index is 655. The molecule has 0 radical (unpaired) electrons. The largest absolute Gasteiger partial charge is 0.477 e. The molecule has 134 valence electrons. The summed E-state index contributed by atoms with van der Waals surface area (Å²) in [4.78, 5) is 17.9. The molecule has 1 saturated heterocycles. The summed E-state index contributed by atoms with van der Waals surface area (Å²) in [6, 6.07) is 4.21. The first-order chi connectivity index (χ1) is 12.3. The lowest BCUT2D eigenvalue weighted by atomic mass is 10.2. The van der Waals surface area contributed by atoms with Gasteiger partial charge in [-0.15, -0.1) is 0 Å². The molecule has 0 aromatic carbocycles. The van der Waals surface area contributed by atoms with Crippen molar-refractivity contribution in [2.24, 2.45) is 0 Å². The summed E-state index contributed by atoms with van der Waals surface area (Å²) in [6.07, 6.45) is 5.23. The average molecular weight is 342 g/mol. The number of hydrogen-bond acceptors (Lipinski definition) is 7. The highest BCUT2D eigenvalue weighted by atomic mass is 16.5. The minimum atomic E-state index is 0.534. The van der Waals surface area contributed by atoms with Gasteiger partial charge in [0.1, 0.15) is 11.6 Å². The van der Waals surface area contributed by atoms with Crippen molar-refractivity contribution in [3.63, 3.8) is 0 Å². The van der Waals surface area contributed by atoms with Crippen molar-refractivity contribution in [3.8, 4) is 5.88 Å². The van der Waals surface area contributed by atoms with Crippen LogP contribution < -0.4 is 15.0 Å². The summed E-state index contributed by atoms with van der Waals surface area (Å²) in [5, 5.41) is 3.26. The van der Waals surface area contributed by atoms with Crippen LogP contribution in [-0.4, -0.2) is 59.2 Å². The van der Waals surface area contributed by atoms with E-state index < -0.39 is 0 Å². The number of piperazine rings is 1. The molecule has 3 heterocycles. The number of ether oxygens (including phenoxy) is 1. The maximum atomic E-state index is 5.36. The van der Waals surface area contributed by atoms with Crippen LogP contribution >= 0.6 is 0 Å². The zero-order valence-corrected chi connectivity index (χ0v) is 15.0. The Balaban J connectivity index is 1.53. The molecule has 1 aliphatic heterocycles. The van der Waals surface area contributed by atoms with Gasteiger partial charge >= 0.3 is 0 Å². The van der Waals surface area contributed by atoms with Crippen LogP contribution in [0.3, 0.4) is 0 Å². The van der Waals surface area contributed by atoms with Crippen LogP contribution in [0.2, 0.25) is 0 Å². The Morgan fingerprint density at radius 1 is 1.08 bits per heavy atom. The van der Waals surface area contributed by atoms with Gasteiger partial charge in [0, 0.05) is 38.9 Å². The lowest BCUT2D eigenvalue weighted by molar-refractivity contribution is 0.270. The Hall–Kier alpha value is -2.41. The van der Waals surface area contributed by atoms with Crippen molar-refractivity contribution >= 4 is 11.6 Å². The number of nitrogens with zero attached hydrogens (tertiary/aromatic N) is 5. The van der Waals surface area contributed by atoms with E-state index in [9.17, 15) is 0 Å². The highest BCUT2D eigenvalue weighted by molar-refractivity contribution is 5.41. The molecule has 25 heavy (non-hydrogen) atoms. The smallest absolute Gasteiger partial charge is 0.234 e. The highest BCUT2D eigenvalue weighted by Gasteiger charge is 2.16. The van der Waals surface area contributed by atoms with Crippen LogP contribution in [0.1, 0.15) is 19.4 Å². The summed E-state index contributed by atoms with van der Waals surface area (Å²) in [5.41, 5.74) is 1.11. The van der Waals surface area contributed by atoms with E-state index in [1.165, 1.54) is 0 Å². The molecular formula is C18H26N6O. The molecule has 0 aliphatic carbocycles. The summed E-state index contributed by atoms with van der Waals surface area (Å²) in [5.74, 6) is 2.29. The molecule has 0 unspecified atom stereocenters. The maximum absolute atomic E-state index is 5.36. The summed E-state index contributed by atoms with van der Waals surface area (Å²) in [6.45, 7) is 10.8. The zero-order chi connectivity index (χ0) is 17.5. The lowest BCUT2D eigenvalue weighted by Gasteiger charge is -2.34. The Kier molecular flexibility index (Phi) is 6.00. The zero-order valence-electron chi connectivity index (χ0n) is 15.0. The van der Waals surface area contributed by atoms with Gasteiger partial charge < -0.3 is 19.9 Å². The number of pyridine rings is 1. The molecule has 7 nitrogen and oxygen atoms in total. The van der Waals surface area contributed by atoms with E-state index in [4.69, 9.17) is 4.74 Å². The van der Waals surface area contributed by atoms with E-state index in [2.05, 4.69) is 49.1 Å². The quantitative estimate of drug-likeness (QED) is 0.826. The maximum Gasteiger partial charge on any atom is 0.234 e. The summed E-state index contributed by atoms with van der Waals surface area (Å²) < 4.78 is 5.36. The average Bonchev–Trinajstić information content (AvgIpc) is 2.67. The van der Waals surface area contributed by atoms with Crippen molar-refractivity contribution in [1.29, 1.82) is 0 Å². The van der Waals surface area contributed by atoms with Crippen LogP contribution in [0.5, 0.6) is 5.88 Å². The topological polar surface area (TPSA) is 66.4 Å². The first-order valence-electron chi connectivity index (χ1n) is 8.89. The van der Waals surface area contributed by atoms with Crippen LogP contribution in [0, 0.1) is 0 Å². The van der Waals surface area contributed by atoms with E-state index in [0.717, 1.165) is 44.1 Å². The molecule has 1 N–H and O–H groups in total. The Morgan fingerprint density at radius 3 is 2.60 bits per heavy atom. The fraction of sp³-hybridized carbons (Fsp3) is 0.500. The predicted molar refractivity (Wildman–Crippen MR) is 99.1 cm³/mol. The van der Waals surface area contributed by atoms with Gasteiger partial charge in [-0.1, -0.05) is 13.0 Å². The molecule has 0 saturated carbocycles. The third-order valence-electron chi connectivity index (χ3n) is 4.33. The molecule has 7 heteroatoms. The first kappa shape index (κ1) is 17.4. The van der Waals surface area contributed by atoms with Gasteiger partial charge in [0.25, 0.3) is 0 Å². The van der Waals surface area contributed by atoms with E-state index in [-0.39, 0.29) is 0 Å². The number of nitrogens with one attached hydrogen (secondary N) is 1. The predicted octanol–water partition coefficient (Wildman–Crippen LogP) is 2.02. The van der Waals surface area contributed by atoms with E-state index in [0.29, 0.717) is 24.8 Å². The molecule has 3 rings (SSSR count). The van der Waals surface area contributed by atoms with Crippen LogP contribution in [-0.2, 0) is 6.54 Å². The SMILES string of the molecule is CCOc1cncc(NCc2ccc(N3CCN(CC)CC3)nc2)n1. The van der Waals surface area contributed by atoms with Crippen molar-refractivity contribution in [3.05, 3.63) is 36.3 Å². The standard InChI is InChI=1S/C18H26N6O/c1-3-23-7-9-24(10-8-23)17-6-5-15(12-21-17)11-20-16-13-19-14-18(22-16)25-4-2/h5-6,12-14H,3-4,7-11H2,1-2H3,(H,20,22). The van der Waals surface area contributed by atoms with Crippen molar-refractivity contribution < 1.29 is 4.74 Å². The van der Waals surface area contributed by atoms with Gasteiger partial charge in [-0.05, 0) is 25.1 Å². The van der Waals surface area contributed by atoms with Gasteiger partial charge in [0.05, 0.1) is 19.0 Å². The second-order valence-electron chi connectivity index (χ2n) is 5.98. The van der Waals surface area contributed by atoms with E-state index >= 15 is 0 Å². The van der Waals surface area contributed by atoms with Gasteiger partial charge in [0.15, 0.2) is 0 Å². The Morgan fingerprint density at radius 2 is 1.92 bits per heavy atom. The first-order valence-corrected chi connectivity index (χ1v) is 8.89. The summed E-state index contributed by atoms with van der Waals surface area (Å²) in [7, 11) is 0. The highest BCUT2D eigenvalue weighted by Crippen LogP contribution is 2.15. The number of hydrogen-bond donors (Lipinski definition) is 1. The fourth-order valence-corrected chi connectivity index (χ4v) is 2.84. The molecule has 0 bridgehead atoms. The fourth-order valence-electron chi connectivity index (χ4n) is 2.84. The van der Waals surface area contributed by atoms with Crippen molar-refractivity contribution in [2.45, 2.75) is 20.4 Å². The normalized spacial score (nSPS) is 15.2. The van der Waals surface area contributed by atoms with Gasteiger partial charge in [-0.25, -0.2) is 4.98 Å². The van der Waals surface area contributed by atoms with Gasteiger partial charge in [0.2, 0.25) is 5.88 Å². The second kappa shape index (κ2) is 8.62. The minimum absolute atomic E-state index is 0.534. The molecule has 0 amide bonds. The molecule has 0 atom stereocenters. The number of rotatable bonds is 7. The number of likely N-dealkylation sites (N-methyl/N-ethyl adjacent to an activating group) is 1.